The highest BCUT2D eigenvalue weighted by atomic mass is 79.9. The molecule has 1 aliphatic rings. The molecule has 186 valence electrons. The van der Waals surface area contributed by atoms with Crippen molar-refractivity contribution in [1.82, 2.24) is 4.90 Å². The third-order valence-corrected chi connectivity index (χ3v) is 6.63. The summed E-state index contributed by atoms with van der Waals surface area (Å²) in [7, 11) is 4.16. The second kappa shape index (κ2) is 11.5. The van der Waals surface area contributed by atoms with E-state index in [1.54, 1.807) is 0 Å². The van der Waals surface area contributed by atoms with Crippen LogP contribution in [0.25, 0.3) is 11.3 Å². The van der Waals surface area contributed by atoms with Crippen molar-refractivity contribution in [2.24, 2.45) is 0 Å². The van der Waals surface area contributed by atoms with Gasteiger partial charge in [-0.1, -0.05) is 58.4 Å². The molecule has 3 aromatic rings. The summed E-state index contributed by atoms with van der Waals surface area (Å²) in [6.07, 6.45) is 2.64. The number of hydrogen-bond acceptors (Lipinski definition) is 4. The molecule has 0 aliphatic carbocycles. The summed E-state index contributed by atoms with van der Waals surface area (Å²) < 4.78 is 0.893. The normalized spacial score (nSPS) is 13.9. The Balaban J connectivity index is 1.67. The molecule has 0 radical (unpaired) electrons. The van der Waals surface area contributed by atoms with Gasteiger partial charge in [0, 0.05) is 22.1 Å². The molecular weight excluding hydrogens is 518 g/mol. The predicted molar refractivity (Wildman–Crippen MR) is 149 cm³/mol. The summed E-state index contributed by atoms with van der Waals surface area (Å²) in [4.78, 5) is 26.3. The molecule has 1 heterocycles. The minimum absolute atomic E-state index is 0.0805. The largest absolute Gasteiger partial charge is 0.481 e. The molecule has 3 N–H and O–H groups in total. The zero-order chi connectivity index (χ0) is 25.7. The van der Waals surface area contributed by atoms with Gasteiger partial charge < -0.3 is 20.6 Å². The van der Waals surface area contributed by atoms with Gasteiger partial charge in [-0.3, -0.25) is 9.59 Å². The molecule has 1 aliphatic heterocycles. The average molecular weight is 548 g/mol. The minimum atomic E-state index is -0.820. The van der Waals surface area contributed by atoms with Crippen LogP contribution in [0.15, 0.2) is 71.2 Å². The van der Waals surface area contributed by atoms with Crippen molar-refractivity contribution in [3.63, 3.8) is 0 Å². The molecule has 0 aromatic heterocycles. The standard InChI is InChI=1S/C29H30BrN3O3/c1-33(2)17-3-4-19-7-13-23(14-8-19)31-28(21-10-5-20(6-11-21)9-16-26(34)35)27-24-15-12-22(30)18-25(24)32-29(27)36/h5-8,10-15,18,31H,3-4,9,16-17H2,1-2H3,(H,32,36)(H,34,35)/b28-27-. The van der Waals surface area contributed by atoms with Crippen molar-refractivity contribution in [2.75, 3.05) is 31.3 Å². The third kappa shape index (κ3) is 6.42. The Hall–Kier alpha value is -3.42. The quantitative estimate of drug-likeness (QED) is 0.275. The molecule has 0 saturated heterocycles. The number of halogens is 1. The second-order valence-corrected chi connectivity index (χ2v) is 10.1. The first kappa shape index (κ1) is 25.7. The molecular formula is C29H30BrN3O3. The molecule has 4 rings (SSSR count). The molecule has 0 spiro atoms. The number of anilines is 2. The van der Waals surface area contributed by atoms with E-state index in [4.69, 9.17) is 5.11 Å². The number of carboxylic acids is 1. The molecule has 0 atom stereocenters. The molecule has 6 nitrogen and oxygen atoms in total. The summed E-state index contributed by atoms with van der Waals surface area (Å²) >= 11 is 3.48. The van der Waals surface area contributed by atoms with Crippen molar-refractivity contribution in [3.05, 3.63) is 93.5 Å². The lowest BCUT2D eigenvalue weighted by atomic mass is 9.98. The highest BCUT2D eigenvalue weighted by Gasteiger charge is 2.28. The fourth-order valence-electron chi connectivity index (χ4n) is 4.26. The number of aryl methyl sites for hydroxylation is 2. The number of nitrogens with one attached hydrogen (secondary N) is 2. The Kier molecular flexibility index (Phi) is 8.23. The highest BCUT2D eigenvalue weighted by molar-refractivity contribution is 9.10. The summed E-state index contributed by atoms with van der Waals surface area (Å²) in [5.41, 5.74) is 6.83. The number of aliphatic carboxylic acids is 1. The van der Waals surface area contributed by atoms with E-state index in [0.717, 1.165) is 51.9 Å². The van der Waals surface area contributed by atoms with E-state index >= 15 is 0 Å². The number of amides is 1. The van der Waals surface area contributed by atoms with Crippen molar-refractivity contribution in [2.45, 2.75) is 25.7 Å². The molecule has 36 heavy (non-hydrogen) atoms. The molecule has 0 bridgehead atoms. The van der Waals surface area contributed by atoms with Crippen LogP contribution in [0.1, 0.15) is 35.1 Å². The van der Waals surface area contributed by atoms with Crippen LogP contribution in [-0.2, 0) is 22.4 Å². The lowest BCUT2D eigenvalue weighted by molar-refractivity contribution is -0.137. The fraction of sp³-hybridized carbons (Fsp3) is 0.241. The van der Waals surface area contributed by atoms with E-state index in [2.05, 4.69) is 57.7 Å². The van der Waals surface area contributed by atoms with E-state index in [1.807, 2.05) is 54.6 Å². The smallest absolute Gasteiger partial charge is 0.303 e. The third-order valence-electron chi connectivity index (χ3n) is 6.14. The Bertz CT molecular complexity index is 1280. The van der Waals surface area contributed by atoms with Gasteiger partial charge in [-0.05, 0) is 80.9 Å². The number of carboxylic acid groups (broad SMARTS) is 1. The lowest BCUT2D eigenvalue weighted by Gasteiger charge is -2.16. The molecule has 1 amide bonds. The number of fused-ring (bicyclic) bond motifs is 1. The maximum Gasteiger partial charge on any atom is 0.303 e. The number of carbonyl (C=O) groups excluding carboxylic acids is 1. The topological polar surface area (TPSA) is 81.7 Å². The van der Waals surface area contributed by atoms with Crippen LogP contribution < -0.4 is 10.6 Å². The van der Waals surface area contributed by atoms with Crippen molar-refractivity contribution < 1.29 is 14.7 Å². The zero-order valence-electron chi connectivity index (χ0n) is 20.5. The average Bonchev–Trinajstić information content (AvgIpc) is 3.16. The summed E-state index contributed by atoms with van der Waals surface area (Å²) in [5.74, 6) is -0.986. The number of nitrogens with zero attached hydrogens (tertiary/aromatic N) is 1. The molecule has 0 fully saturated rings. The van der Waals surface area contributed by atoms with Gasteiger partial charge in [0.2, 0.25) is 0 Å². The Morgan fingerprint density at radius 1 is 0.972 bits per heavy atom. The van der Waals surface area contributed by atoms with Gasteiger partial charge in [0.15, 0.2) is 0 Å². The minimum Gasteiger partial charge on any atom is -0.481 e. The van der Waals surface area contributed by atoms with Crippen molar-refractivity contribution >= 4 is 50.5 Å². The number of rotatable bonds is 10. The maximum absolute atomic E-state index is 13.1. The molecule has 0 saturated carbocycles. The van der Waals surface area contributed by atoms with Gasteiger partial charge >= 0.3 is 5.97 Å². The van der Waals surface area contributed by atoms with Crippen molar-refractivity contribution in [1.29, 1.82) is 0 Å². The number of benzene rings is 3. The van der Waals surface area contributed by atoms with Gasteiger partial charge in [0.1, 0.15) is 0 Å². The van der Waals surface area contributed by atoms with Crippen molar-refractivity contribution in [3.8, 4) is 0 Å². The van der Waals surface area contributed by atoms with E-state index in [9.17, 15) is 9.59 Å². The van der Waals surface area contributed by atoms with Crippen LogP contribution in [0, 0.1) is 0 Å². The lowest BCUT2D eigenvalue weighted by Crippen LogP contribution is -2.13. The van der Waals surface area contributed by atoms with E-state index < -0.39 is 5.97 Å². The van der Waals surface area contributed by atoms with Gasteiger partial charge in [-0.25, -0.2) is 0 Å². The first-order chi connectivity index (χ1) is 17.3. The highest BCUT2D eigenvalue weighted by Crippen LogP contribution is 2.39. The zero-order valence-corrected chi connectivity index (χ0v) is 22.1. The summed E-state index contributed by atoms with van der Waals surface area (Å²) in [5, 5.41) is 15.5. The number of carbonyl (C=O) groups is 2. The van der Waals surface area contributed by atoms with Gasteiger partial charge in [-0.15, -0.1) is 0 Å². The van der Waals surface area contributed by atoms with Gasteiger partial charge in [-0.2, -0.15) is 0 Å². The monoisotopic (exact) mass is 547 g/mol. The summed E-state index contributed by atoms with van der Waals surface area (Å²) in [6.45, 7) is 1.04. The van der Waals surface area contributed by atoms with Gasteiger partial charge in [0.25, 0.3) is 5.91 Å². The Morgan fingerprint density at radius 2 is 1.64 bits per heavy atom. The van der Waals surface area contributed by atoms with Crippen LogP contribution in [-0.4, -0.2) is 42.5 Å². The van der Waals surface area contributed by atoms with Crippen LogP contribution in [0.3, 0.4) is 0 Å². The first-order valence-electron chi connectivity index (χ1n) is 12.0. The predicted octanol–water partition coefficient (Wildman–Crippen LogP) is 5.89. The molecule has 0 unspecified atom stereocenters. The fourth-order valence-corrected chi connectivity index (χ4v) is 4.62. The SMILES string of the molecule is CN(C)CCCc1ccc(N/C(=C2\C(=O)Nc3cc(Br)ccc32)c2ccc(CCC(=O)O)cc2)cc1. The van der Waals surface area contributed by atoms with E-state index in [1.165, 1.54) is 5.56 Å². The molecule has 7 heteroatoms. The summed E-state index contributed by atoms with van der Waals surface area (Å²) in [6, 6.07) is 21.8. The molecule has 3 aromatic carbocycles. The van der Waals surface area contributed by atoms with Crippen LogP contribution in [0.2, 0.25) is 0 Å². The number of hydrogen-bond donors (Lipinski definition) is 3. The second-order valence-electron chi connectivity index (χ2n) is 9.21. The first-order valence-corrected chi connectivity index (χ1v) is 12.8. The maximum atomic E-state index is 13.1. The van der Waals surface area contributed by atoms with Crippen LogP contribution >= 0.6 is 15.9 Å². The van der Waals surface area contributed by atoms with E-state index in [0.29, 0.717) is 17.7 Å². The van der Waals surface area contributed by atoms with Crippen LogP contribution in [0.5, 0.6) is 0 Å². The van der Waals surface area contributed by atoms with Gasteiger partial charge in [0.05, 0.1) is 17.0 Å². The Morgan fingerprint density at radius 3 is 2.31 bits per heavy atom. The Labute approximate surface area is 220 Å². The van der Waals surface area contributed by atoms with E-state index in [-0.39, 0.29) is 12.3 Å². The van der Waals surface area contributed by atoms with Crippen LogP contribution in [0.4, 0.5) is 11.4 Å².